The average molecular weight is 384 g/mol. The predicted octanol–water partition coefficient (Wildman–Crippen LogP) is 3.29. The van der Waals surface area contributed by atoms with E-state index in [0.29, 0.717) is 34.2 Å². The number of anilines is 1. The monoisotopic (exact) mass is 384 g/mol. The van der Waals surface area contributed by atoms with E-state index in [1.165, 1.54) is 19.2 Å². The second-order valence-corrected chi connectivity index (χ2v) is 7.43. The first-order valence-electron chi connectivity index (χ1n) is 8.09. The van der Waals surface area contributed by atoms with Crippen molar-refractivity contribution in [3.63, 3.8) is 0 Å². The summed E-state index contributed by atoms with van der Waals surface area (Å²) < 4.78 is 43.9. The number of nitrogens with zero attached hydrogens (tertiary/aromatic N) is 1. The van der Waals surface area contributed by atoms with E-state index in [9.17, 15) is 8.42 Å². The van der Waals surface area contributed by atoms with Gasteiger partial charge in [-0.1, -0.05) is 0 Å². The van der Waals surface area contributed by atoms with Gasteiger partial charge in [0.25, 0.3) is 10.0 Å². The van der Waals surface area contributed by atoms with Crippen molar-refractivity contribution in [2.24, 2.45) is 0 Å². The van der Waals surface area contributed by atoms with Crippen LogP contribution in [0.4, 0.5) is 5.69 Å². The highest BCUT2D eigenvalue weighted by Gasteiger charge is 2.19. The molecule has 0 saturated carbocycles. The van der Waals surface area contributed by atoms with Crippen LogP contribution < -0.4 is 18.9 Å². The molecule has 7 nitrogen and oxygen atoms in total. The van der Waals surface area contributed by atoms with E-state index in [2.05, 4.69) is 9.71 Å². The lowest BCUT2D eigenvalue weighted by atomic mass is 10.1. The highest BCUT2D eigenvalue weighted by Crippen LogP contribution is 2.37. The van der Waals surface area contributed by atoms with E-state index in [4.69, 9.17) is 14.2 Å². The van der Waals surface area contributed by atoms with Crippen molar-refractivity contribution in [1.82, 2.24) is 4.98 Å². The van der Waals surface area contributed by atoms with Gasteiger partial charge in [0.2, 0.25) is 6.79 Å². The average Bonchev–Trinajstić information content (AvgIpc) is 3.16. The van der Waals surface area contributed by atoms with Crippen molar-refractivity contribution >= 4 is 15.7 Å². The lowest BCUT2D eigenvalue weighted by molar-refractivity contribution is 0.174. The second-order valence-electron chi connectivity index (χ2n) is 5.75. The van der Waals surface area contributed by atoms with Crippen molar-refractivity contribution in [3.05, 3.63) is 60.8 Å². The molecule has 1 aromatic heterocycles. The SMILES string of the molecule is COc1ccc(S(=O)(=O)Nc2cccnc2-c2ccc3c(c2)OCO3)cc1. The lowest BCUT2D eigenvalue weighted by Crippen LogP contribution is -2.14. The van der Waals surface area contributed by atoms with Crippen molar-refractivity contribution < 1.29 is 22.6 Å². The summed E-state index contributed by atoms with van der Waals surface area (Å²) in [5, 5.41) is 0. The molecule has 0 saturated heterocycles. The molecule has 0 bridgehead atoms. The summed E-state index contributed by atoms with van der Waals surface area (Å²) in [6.45, 7) is 0.165. The number of rotatable bonds is 5. The molecule has 27 heavy (non-hydrogen) atoms. The molecule has 2 aromatic carbocycles. The first-order chi connectivity index (χ1) is 13.1. The first kappa shape index (κ1) is 17.2. The molecule has 3 aromatic rings. The van der Waals surface area contributed by atoms with E-state index < -0.39 is 10.0 Å². The quantitative estimate of drug-likeness (QED) is 0.726. The minimum Gasteiger partial charge on any atom is -0.497 e. The number of aromatic nitrogens is 1. The van der Waals surface area contributed by atoms with Crippen LogP contribution in [0.25, 0.3) is 11.3 Å². The zero-order valence-electron chi connectivity index (χ0n) is 14.4. The van der Waals surface area contributed by atoms with E-state index in [1.807, 2.05) is 0 Å². The van der Waals surface area contributed by atoms with Crippen molar-refractivity contribution in [3.8, 4) is 28.5 Å². The summed E-state index contributed by atoms with van der Waals surface area (Å²) in [7, 11) is -2.26. The third kappa shape index (κ3) is 3.39. The summed E-state index contributed by atoms with van der Waals surface area (Å²) in [5.74, 6) is 1.83. The largest absolute Gasteiger partial charge is 0.497 e. The number of pyridine rings is 1. The molecule has 2 heterocycles. The van der Waals surface area contributed by atoms with Gasteiger partial charge in [-0.2, -0.15) is 0 Å². The Bertz CT molecular complexity index is 1080. The summed E-state index contributed by atoms with van der Waals surface area (Å²) in [5.41, 5.74) is 1.58. The van der Waals surface area contributed by atoms with Gasteiger partial charge in [-0.3, -0.25) is 9.71 Å². The van der Waals surface area contributed by atoms with Gasteiger partial charge in [0.1, 0.15) is 5.75 Å². The number of nitrogens with one attached hydrogen (secondary N) is 1. The van der Waals surface area contributed by atoms with Gasteiger partial charge in [0.15, 0.2) is 11.5 Å². The minimum absolute atomic E-state index is 0.129. The van der Waals surface area contributed by atoms with E-state index in [-0.39, 0.29) is 11.7 Å². The zero-order valence-corrected chi connectivity index (χ0v) is 15.2. The maximum absolute atomic E-state index is 12.7. The van der Waals surface area contributed by atoms with Gasteiger partial charge in [0, 0.05) is 11.8 Å². The standard InChI is InChI=1S/C19H16N2O5S/c1-24-14-5-7-15(8-6-14)27(22,23)21-16-3-2-10-20-19(16)13-4-9-17-18(11-13)26-12-25-17/h2-11,21H,12H2,1H3. The van der Waals surface area contributed by atoms with E-state index in [0.717, 1.165) is 0 Å². The third-order valence-corrected chi connectivity index (χ3v) is 5.45. The molecule has 1 aliphatic rings. The number of methoxy groups -OCH3 is 1. The Kier molecular flexibility index (Phi) is 4.33. The Morgan fingerprint density at radius 2 is 1.81 bits per heavy atom. The zero-order chi connectivity index (χ0) is 18.9. The smallest absolute Gasteiger partial charge is 0.261 e. The maximum Gasteiger partial charge on any atom is 0.261 e. The van der Waals surface area contributed by atoms with Crippen LogP contribution in [0, 0.1) is 0 Å². The highest BCUT2D eigenvalue weighted by atomic mass is 32.2. The molecule has 0 atom stereocenters. The number of fused-ring (bicyclic) bond motifs is 1. The summed E-state index contributed by atoms with van der Waals surface area (Å²) >= 11 is 0. The fourth-order valence-corrected chi connectivity index (χ4v) is 3.79. The minimum atomic E-state index is -3.78. The van der Waals surface area contributed by atoms with Crippen LogP contribution in [0.1, 0.15) is 0 Å². The molecule has 138 valence electrons. The van der Waals surface area contributed by atoms with Gasteiger partial charge in [-0.25, -0.2) is 8.42 Å². The van der Waals surface area contributed by atoms with Crippen LogP contribution in [0.2, 0.25) is 0 Å². The normalized spacial score (nSPS) is 12.6. The predicted molar refractivity (Wildman–Crippen MR) is 99.6 cm³/mol. The Morgan fingerprint density at radius 3 is 2.59 bits per heavy atom. The third-order valence-electron chi connectivity index (χ3n) is 4.07. The summed E-state index contributed by atoms with van der Waals surface area (Å²) in [6, 6.07) is 14.8. The molecule has 0 spiro atoms. The molecule has 0 aliphatic carbocycles. The Morgan fingerprint density at radius 1 is 1.04 bits per heavy atom. The van der Waals surface area contributed by atoms with Gasteiger partial charge in [-0.05, 0) is 54.6 Å². The van der Waals surface area contributed by atoms with Crippen LogP contribution in [0.3, 0.4) is 0 Å². The van der Waals surface area contributed by atoms with Gasteiger partial charge >= 0.3 is 0 Å². The van der Waals surface area contributed by atoms with Crippen LogP contribution in [-0.4, -0.2) is 27.3 Å². The number of sulfonamides is 1. The number of ether oxygens (including phenoxy) is 3. The molecule has 0 fully saturated rings. The van der Waals surface area contributed by atoms with Crippen LogP contribution >= 0.6 is 0 Å². The Hall–Kier alpha value is -3.26. The molecular formula is C19H16N2O5S. The molecule has 8 heteroatoms. The van der Waals surface area contributed by atoms with Gasteiger partial charge in [-0.15, -0.1) is 0 Å². The topological polar surface area (TPSA) is 86.8 Å². The van der Waals surface area contributed by atoms with Crippen molar-refractivity contribution in [2.45, 2.75) is 4.90 Å². The first-order valence-corrected chi connectivity index (χ1v) is 9.57. The fourth-order valence-electron chi connectivity index (χ4n) is 2.72. The maximum atomic E-state index is 12.7. The summed E-state index contributed by atoms with van der Waals surface area (Å²) in [4.78, 5) is 4.46. The lowest BCUT2D eigenvalue weighted by Gasteiger charge is -2.12. The summed E-state index contributed by atoms with van der Waals surface area (Å²) in [6.07, 6.45) is 1.60. The second kappa shape index (κ2) is 6.81. The van der Waals surface area contributed by atoms with E-state index in [1.54, 1.807) is 48.7 Å². The number of hydrogen-bond acceptors (Lipinski definition) is 6. The molecule has 1 N–H and O–H groups in total. The highest BCUT2D eigenvalue weighted by molar-refractivity contribution is 7.92. The molecule has 0 amide bonds. The van der Waals surface area contributed by atoms with E-state index >= 15 is 0 Å². The van der Waals surface area contributed by atoms with Gasteiger partial charge < -0.3 is 14.2 Å². The van der Waals surface area contributed by atoms with Crippen LogP contribution in [-0.2, 0) is 10.0 Å². The Labute approximate surface area is 156 Å². The Balaban J connectivity index is 1.68. The molecule has 0 unspecified atom stereocenters. The van der Waals surface area contributed by atoms with Crippen molar-refractivity contribution in [2.75, 3.05) is 18.6 Å². The molecule has 4 rings (SSSR count). The van der Waals surface area contributed by atoms with Crippen LogP contribution in [0.5, 0.6) is 17.2 Å². The number of hydrogen-bond donors (Lipinski definition) is 1. The molecule has 1 aliphatic heterocycles. The van der Waals surface area contributed by atoms with Crippen molar-refractivity contribution in [1.29, 1.82) is 0 Å². The molecule has 0 radical (unpaired) electrons. The molecular weight excluding hydrogens is 368 g/mol. The fraction of sp³-hybridized carbons (Fsp3) is 0.105. The van der Waals surface area contributed by atoms with Gasteiger partial charge in [0.05, 0.1) is 23.4 Å². The number of benzene rings is 2. The van der Waals surface area contributed by atoms with Crippen LogP contribution in [0.15, 0.2) is 65.7 Å².